The molecule has 1 atom stereocenters. The summed E-state index contributed by atoms with van der Waals surface area (Å²) in [5.41, 5.74) is 0.171. The summed E-state index contributed by atoms with van der Waals surface area (Å²) in [5.74, 6) is -0.782. The highest BCUT2D eigenvalue weighted by Crippen LogP contribution is 2.40. The molecule has 1 N–H and O–H groups in total. The van der Waals surface area contributed by atoms with Crippen LogP contribution in [0.3, 0.4) is 0 Å². The van der Waals surface area contributed by atoms with E-state index in [0.717, 1.165) is 12.3 Å². The Labute approximate surface area is 208 Å². The summed E-state index contributed by atoms with van der Waals surface area (Å²) in [5, 5.41) is 6.04. The first-order valence-electron chi connectivity index (χ1n) is 11.4. The average Bonchev–Trinajstić information content (AvgIpc) is 3.51. The standard InChI is InChI=1S/C22H23F3N4O5S2/c23-19-11-26-22(35-19)28-20(30)17(7-12-3-5-33-6-4-12)29-16-8-13(34-21(24)25)9-18(15(16)10-27-29)36(31,32)14-1-2-14/h8-12,14,17,21H,1-7H2,(H,26,28,30). The highest BCUT2D eigenvalue weighted by molar-refractivity contribution is 7.92. The first-order valence-corrected chi connectivity index (χ1v) is 13.8. The van der Waals surface area contributed by atoms with Gasteiger partial charge in [-0.1, -0.05) is 11.3 Å². The lowest BCUT2D eigenvalue weighted by Gasteiger charge is -2.26. The van der Waals surface area contributed by atoms with Crippen molar-refractivity contribution in [2.24, 2.45) is 5.92 Å². The molecule has 1 aliphatic heterocycles. The van der Waals surface area contributed by atoms with Gasteiger partial charge < -0.3 is 14.8 Å². The lowest BCUT2D eigenvalue weighted by atomic mass is 9.92. The van der Waals surface area contributed by atoms with Crippen molar-refractivity contribution in [3.63, 3.8) is 0 Å². The van der Waals surface area contributed by atoms with Crippen LogP contribution in [0.4, 0.5) is 18.3 Å². The van der Waals surface area contributed by atoms with Crippen LogP contribution in [0.5, 0.6) is 5.75 Å². The molecular weight excluding hydrogens is 521 g/mol. The number of benzene rings is 1. The molecule has 9 nitrogen and oxygen atoms in total. The molecule has 2 aromatic heterocycles. The van der Waals surface area contributed by atoms with Crippen molar-refractivity contribution in [2.75, 3.05) is 18.5 Å². The predicted molar refractivity (Wildman–Crippen MR) is 124 cm³/mol. The summed E-state index contributed by atoms with van der Waals surface area (Å²) in [6.45, 7) is -2.10. The maximum absolute atomic E-state index is 13.4. The fraction of sp³-hybridized carbons (Fsp3) is 0.500. The number of ether oxygens (including phenoxy) is 2. The Morgan fingerprint density at radius 1 is 1.22 bits per heavy atom. The molecule has 0 radical (unpaired) electrons. The minimum atomic E-state index is -3.80. The van der Waals surface area contributed by atoms with Crippen molar-refractivity contribution >= 4 is 43.1 Å². The molecular formula is C22H23F3N4O5S2. The van der Waals surface area contributed by atoms with Crippen molar-refractivity contribution in [1.29, 1.82) is 0 Å². The normalized spacial score (nSPS) is 18.0. The second-order valence-electron chi connectivity index (χ2n) is 8.83. The number of fused-ring (bicyclic) bond motifs is 1. The van der Waals surface area contributed by atoms with Gasteiger partial charge in [0, 0.05) is 24.7 Å². The zero-order chi connectivity index (χ0) is 25.4. The number of thiazole rings is 1. The van der Waals surface area contributed by atoms with Crippen LogP contribution in [-0.2, 0) is 19.4 Å². The Kier molecular flexibility index (Phi) is 6.92. The number of rotatable bonds is 9. The van der Waals surface area contributed by atoms with Crippen LogP contribution < -0.4 is 10.1 Å². The van der Waals surface area contributed by atoms with E-state index < -0.39 is 38.8 Å². The fourth-order valence-corrected chi connectivity index (χ4v) is 6.83. The van der Waals surface area contributed by atoms with Gasteiger partial charge in [-0.25, -0.2) is 13.4 Å². The number of amides is 1. The minimum Gasteiger partial charge on any atom is -0.435 e. The molecule has 36 heavy (non-hydrogen) atoms. The van der Waals surface area contributed by atoms with Crippen molar-refractivity contribution < 1.29 is 35.9 Å². The monoisotopic (exact) mass is 544 g/mol. The van der Waals surface area contributed by atoms with Gasteiger partial charge >= 0.3 is 6.61 Å². The van der Waals surface area contributed by atoms with Crippen LogP contribution >= 0.6 is 11.3 Å². The average molecular weight is 545 g/mol. The van der Waals surface area contributed by atoms with E-state index in [-0.39, 0.29) is 32.6 Å². The van der Waals surface area contributed by atoms with Crippen molar-refractivity contribution in [2.45, 2.75) is 54.9 Å². The molecule has 1 amide bonds. The van der Waals surface area contributed by atoms with Crippen LogP contribution in [0, 0.1) is 11.0 Å². The van der Waals surface area contributed by atoms with Gasteiger partial charge in [0.25, 0.3) is 5.91 Å². The number of hydrogen-bond donors (Lipinski definition) is 1. The molecule has 1 unspecified atom stereocenters. The maximum Gasteiger partial charge on any atom is 0.387 e. The number of alkyl halides is 2. The van der Waals surface area contributed by atoms with Gasteiger partial charge in [0.15, 0.2) is 20.1 Å². The zero-order valence-electron chi connectivity index (χ0n) is 18.9. The molecule has 1 aromatic carbocycles. The van der Waals surface area contributed by atoms with Crippen LogP contribution in [-0.4, -0.2) is 54.2 Å². The molecule has 14 heteroatoms. The smallest absolute Gasteiger partial charge is 0.387 e. The number of anilines is 1. The van der Waals surface area contributed by atoms with Gasteiger partial charge in [0.1, 0.15) is 11.8 Å². The molecule has 3 aromatic rings. The Bertz CT molecular complexity index is 1370. The number of nitrogens with zero attached hydrogens (tertiary/aromatic N) is 3. The van der Waals surface area contributed by atoms with Crippen LogP contribution in [0.15, 0.2) is 29.4 Å². The highest BCUT2D eigenvalue weighted by atomic mass is 32.2. The number of sulfone groups is 1. The Hall–Kier alpha value is -2.71. The Balaban J connectivity index is 1.59. The molecule has 0 bridgehead atoms. The first-order chi connectivity index (χ1) is 17.2. The SMILES string of the molecule is O=C(Nc1ncc(F)s1)C(CC1CCOCC1)n1ncc2c(S(=O)(=O)C3CC3)cc(OC(F)F)cc21. The number of carbonyl (C=O) groups is 1. The third-order valence-corrected chi connectivity index (χ3v) is 9.35. The quantitative estimate of drug-likeness (QED) is 0.430. The van der Waals surface area contributed by atoms with Crippen LogP contribution in [0.25, 0.3) is 10.9 Å². The van der Waals surface area contributed by atoms with E-state index in [1.165, 1.54) is 16.9 Å². The molecule has 5 rings (SSSR count). The molecule has 3 heterocycles. The molecule has 2 aliphatic rings. The molecule has 1 saturated carbocycles. The summed E-state index contributed by atoms with van der Waals surface area (Å²) in [6.07, 6.45) is 5.01. The van der Waals surface area contributed by atoms with Gasteiger partial charge in [0.2, 0.25) is 0 Å². The number of aromatic nitrogens is 3. The van der Waals surface area contributed by atoms with E-state index in [1.54, 1.807) is 0 Å². The largest absolute Gasteiger partial charge is 0.435 e. The van der Waals surface area contributed by atoms with Gasteiger partial charge in [-0.05, 0) is 44.1 Å². The van der Waals surface area contributed by atoms with Crippen molar-refractivity contribution in [3.05, 3.63) is 29.7 Å². The van der Waals surface area contributed by atoms with E-state index in [9.17, 15) is 26.4 Å². The number of nitrogens with one attached hydrogen (secondary N) is 1. The van der Waals surface area contributed by atoms with Gasteiger partial charge in [0.05, 0.1) is 28.1 Å². The molecule has 1 saturated heterocycles. The third-order valence-electron chi connectivity index (χ3n) is 6.35. The van der Waals surface area contributed by atoms with E-state index in [0.29, 0.717) is 56.7 Å². The van der Waals surface area contributed by atoms with E-state index in [1.807, 2.05) is 0 Å². The zero-order valence-corrected chi connectivity index (χ0v) is 20.5. The van der Waals surface area contributed by atoms with E-state index >= 15 is 0 Å². The Morgan fingerprint density at radius 2 is 1.97 bits per heavy atom. The van der Waals surface area contributed by atoms with Gasteiger partial charge in [-0.2, -0.15) is 18.3 Å². The maximum atomic E-state index is 13.4. The number of hydrogen-bond acceptors (Lipinski definition) is 8. The summed E-state index contributed by atoms with van der Waals surface area (Å²) in [7, 11) is -3.80. The number of halogens is 3. The minimum absolute atomic E-state index is 0.0599. The summed E-state index contributed by atoms with van der Waals surface area (Å²) in [6, 6.07) is 1.39. The van der Waals surface area contributed by atoms with Gasteiger partial charge in [-0.3, -0.25) is 9.48 Å². The fourth-order valence-electron chi connectivity index (χ4n) is 4.42. The molecule has 1 aliphatic carbocycles. The summed E-state index contributed by atoms with van der Waals surface area (Å²) >= 11 is 0.664. The first kappa shape index (κ1) is 25.0. The third kappa shape index (κ3) is 5.20. The van der Waals surface area contributed by atoms with E-state index in [4.69, 9.17) is 4.74 Å². The van der Waals surface area contributed by atoms with Gasteiger partial charge in [-0.15, -0.1) is 0 Å². The molecule has 0 spiro atoms. The topological polar surface area (TPSA) is 112 Å². The highest BCUT2D eigenvalue weighted by Gasteiger charge is 2.39. The predicted octanol–water partition coefficient (Wildman–Crippen LogP) is 4.17. The second-order valence-corrected chi connectivity index (χ2v) is 12.0. The van der Waals surface area contributed by atoms with Crippen LogP contribution in [0.1, 0.15) is 38.1 Å². The van der Waals surface area contributed by atoms with Crippen molar-refractivity contribution in [3.8, 4) is 5.75 Å². The lowest BCUT2D eigenvalue weighted by Crippen LogP contribution is -2.30. The van der Waals surface area contributed by atoms with E-state index in [2.05, 4.69) is 20.1 Å². The van der Waals surface area contributed by atoms with Crippen molar-refractivity contribution in [1.82, 2.24) is 14.8 Å². The summed E-state index contributed by atoms with van der Waals surface area (Å²) in [4.78, 5) is 17.0. The second kappa shape index (κ2) is 9.98. The number of carbonyl (C=O) groups excluding carboxylic acids is 1. The Morgan fingerprint density at radius 3 is 2.61 bits per heavy atom. The lowest BCUT2D eigenvalue weighted by molar-refractivity contribution is -0.120. The summed E-state index contributed by atoms with van der Waals surface area (Å²) < 4.78 is 77.1. The molecule has 2 fully saturated rings. The van der Waals surface area contributed by atoms with Crippen LogP contribution in [0.2, 0.25) is 0 Å². The molecule has 194 valence electrons.